The summed E-state index contributed by atoms with van der Waals surface area (Å²) < 4.78 is 0. The Bertz CT molecular complexity index is 5830. The first-order valence-electron chi connectivity index (χ1n) is 48.1. The molecule has 6 aliphatic heterocycles. The van der Waals surface area contributed by atoms with Crippen molar-refractivity contribution in [2.24, 2.45) is 17.6 Å². The van der Waals surface area contributed by atoms with Crippen LogP contribution in [0.1, 0.15) is 135 Å². The van der Waals surface area contributed by atoms with Gasteiger partial charge in [-0.1, -0.05) is 110 Å². The number of carboxylic acid groups (broad SMARTS) is 1. The Hall–Kier alpha value is -14.2. The third kappa shape index (κ3) is 27.8. The van der Waals surface area contributed by atoms with Gasteiger partial charge in [-0.2, -0.15) is 0 Å². The van der Waals surface area contributed by atoms with Gasteiger partial charge in [0.1, 0.15) is 96.7 Å². The lowest BCUT2D eigenvalue weighted by Crippen LogP contribution is -2.62. The fraction of sp³-hybridized carbons (Fsp3) is 0.526. The number of H-pyrrole nitrogens is 3. The Balaban J connectivity index is 0.879. The number of aliphatic hydroxyl groups excluding tert-OH is 2. The number of rotatable bonds is 15. The molecule has 0 radical (unpaired) electrons. The summed E-state index contributed by atoms with van der Waals surface area (Å²) in [6.45, 7) is 4.77. The Labute approximate surface area is 834 Å². The minimum Gasteiger partial charge on any atom is -0.480 e. The molecule has 47 nitrogen and oxygen atoms in total. The molecule has 6 aromatic rings. The monoisotopic (exact) mass is 2040 g/mol. The smallest absolute Gasteiger partial charge is 0.327 e. The average molecular weight is 2040 g/mol. The molecule has 49 heteroatoms. The zero-order valence-electron chi connectivity index (χ0n) is 80.4. The SMILES string of the molecule is CC[C@H](C)[C@@H]1NC(=O)[C@@H]2CC(=O)NCC(=O)N[C@@H](CC(C)C)C(=O)N3CCC[C@H]3C(=O)N[C@@H](Cc3c[nH]c4ccccc34)C(=O)NCC(=O)N[C@@H](CSSC[C@@H](C(=O)O)NC(=O)[C@H](C)NC(=O)[C@H](Cc3c[nH]c4ccccc34)NC(=O)[C@@H]3CCCN3C(=O)[C@H]([C@@H](C)O)NC(=O)[C@H](CC(N)=O)NC(=O)[C@H](Cc3c[nH]c4ccccc34)NC(=O)CNC(=O)[C@@H]3CCCN3C1=O)C(=O)N1CCC[C@H]1C(=O)N[C@@H](CO)C(=O)N2. The van der Waals surface area contributed by atoms with Gasteiger partial charge in [0.2, 0.25) is 118 Å². The number of carbonyl (C=O) groups is 21. The molecule has 0 saturated carbocycles. The third-order valence-corrected chi connectivity index (χ3v) is 28.9. The van der Waals surface area contributed by atoms with E-state index in [1.165, 1.54) is 11.8 Å². The summed E-state index contributed by atoms with van der Waals surface area (Å²) in [6, 6.07) is -5.33. The van der Waals surface area contributed by atoms with Crippen LogP contribution in [0.3, 0.4) is 0 Å². The third-order valence-electron chi connectivity index (χ3n) is 26.5. The largest absolute Gasteiger partial charge is 0.480 e. The van der Waals surface area contributed by atoms with Gasteiger partial charge in [-0.3, -0.25) is 95.9 Å². The number of nitrogens with one attached hydrogen (secondary N) is 18. The molecule has 9 heterocycles. The number of aliphatic hydroxyl groups is 2. The molecule has 0 spiro atoms. The maximum Gasteiger partial charge on any atom is 0.327 e. The Kier molecular flexibility index (Phi) is 37.8. The van der Waals surface area contributed by atoms with Crippen LogP contribution in [0.15, 0.2) is 91.4 Å². The second kappa shape index (κ2) is 50.1. The maximum absolute atomic E-state index is 15.3. The molecular formula is C95H125N23O24S2. The average Bonchev–Trinajstić information content (AvgIpc) is 1.64. The van der Waals surface area contributed by atoms with Gasteiger partial charge in [-0.15, -0.1) is 0 Å². The lowest BCUT2D eigenvalue weighted by Gasteiger charge is -2.32. The zero-order valence-corrected chi connectivity index (χ0v) is 82.0. The second-order valence-corrected chi connectivity index (χ2v) is 39.9. The molecule has 20 amide bonds. The van der Waals surface area contributed by atoms with Crippen molar-refractivity contribution >= 4 is 178 Å². The van der Waals surface area contributed by atoms with Crippen molar-refractivity contribution in [3.8, 4) is 0 Å². The summed E-state index contributed by atoms with van der Waals surface area (Å²) in [7, 11) is 1.58. The lowest BCUT2D eigenvalue weighted by molar-refractivity contribution is -0.145. The fourth-order valence-corrected chi connectivity index (χ4v) is 20.9. The lowest BCUT2D eigenvalue weighted by atomic mass is 9.96. The Morgan fingerprint density at radius 1 is 0.410 bits per heavy atom. The van der Waals surface area contributed by atoms with Gasteiger partial charge in [0.05, 0.1) is 45.2 Å². The molecule has 2 bridgehead atoms. The molecule has 6 fully saturated rings. The van der Waals surface area contributed by atoms with Crippen LogP contribution in [0.2, 0.25) is 0 Å². The first-order chi connectivity index (χ1) is 68.8. The number of nitrogens with two attached hydrogens (primary N) is 1. The number of primary amides is 1. The molecule has 12 rings (SSSR count). The number of amides is 20. The van der Waals surface area contributed by atoms with Gasteiger partial charge < -0.3 is 135 Å². The van der Waals surface area contributed by atoms with E-state index >= 15 is 14.4 Å². The highest BCUT2D eigenvalue weighted by molar-refractivity contribution is 8.76. The summed E-state index contributed by atoms with van der Waals surface area (Å²) in [4.78, 5) is 321. The van der Waals surface area contributed by atoms with Gasteiger partial charge >= 0.3 is 5.97 Å². The van der Waals surface area contributed by atoms with Crippen LogP contribution >= 0.6 is 21.6 Å². The molecule has 0 unspecified atom stereocenters. The highest BCUT2D eigenvalue weighted by atomic mass is 33.1. The van der Waals surface area contributed by atoms with Crippen molar-refractivity contribution in [2.75, 3.05) is 63.9 Å². The van der Waals surface area contributed by atoms with Gasteiger partial charge in [0.15, 0.2) is 0 Å². The van der Waals surface area contributed by atoms with E-state index in [2.05, 4.69) is 94.7 Å². The summed E-state index contributed by atoms with van der Waals surface area (Å²) in [5, 5.41) is 72.9. The van der Waals surface area contributed by atoms with E-state index in [1.807, 2.05) is 0 Å². The molecule has 3 aromatic carbocycles. The van der Waals surface area contributed by atoms with Crippen LogP contribution in [0.5, 0.6) is 0 Å². The predicted molar refractivity (Wildman–Crippen MR) is 521 cm³/mol. The number of benzene rings is 3. The second-order valence-electron chi connectivity index (χ2n) is 37.3. The van der Waals surface area contributed by atoms with Gasteiger partial charge in [0, 0.05) is 108 Å². The standard InChI is InChI=1S/C95H125N23O24S2/c1-7-48(4)78-93(139)117-30-14-24-69(117)87(133)102-43-76(124)104-61(34-52-39-98-58-22-12-9-19-55(52)58)83(129)107-63(36-73(96)121)84(130)114-79(50(6)120)94(140)118-31-17-27-72(118)89(135)110-62(35-53-40-99-59-23-13-10-20-56(53)59)82(128)103-49(5)80(126)112-68(95(141)142)46-144-143-45-67-92(138)116-29-16-26-71(116)90(136)111-66(44-119)86(132)108-64(85(131)113-78)37-74(122)100-41-75(123)105-65(32-47(2)3)91(137)115-28-15-25-70(115)88(134)109-60(81(127)101-42-77(125)106-67)33-51-38-97-57-21-11-8-18-54(51)57/h8-13,18-23,38-40,47-50,60-72,78-79,97-99,119-120H,7,14-17,24-37,41-46H2,1-6H3,(H2,96,121)(H,100,122)(H,101,127)(H,102,133)(H,103,128)(H,104,124)(H,105,123)(H,106,125)(H,107,129)(H,108,132)(H,109,134)(H,110,135)(H,111,136)(H,112,126)(H,113,131)(H,114,130)(H,141,142)/t48-,49-,50+,60-,61-,62-,63-,64-,65-,66-,67-,68-,69-,70-,71-,72-,78-,79-/m0/s1. The van der Waals surface area contributed by atoms with Crippen molar-refractivity contribution in [3.05, 3.63) is 108 Å². The molecule has 0 aliphatic carbocycles. The molecule has 3 aromatic heterocycles. The molecule has 144 heavy (non-hydrogen) atoms. The summed E-state index contributed by atoms with van der Waals surface area (Å²) in [5.74, 6) is -24.1. The summed E-state index contributed by atoms with van der Waals surface area (Å²) >= 11 is 0. The van der Waals surface area contributed by atoms with Crippen molar-refractivity contribution < 1.29 is 116 Å². The van der Waals surface area contributed by atoms with E-state index in [4.69, 9.17) is 5.73 Å². The van der Waals surface area contributed by atoms with Gasteiger partial charge in [0.25, 0.3) is 0 Å². The molecule has 6 aliphatic rings. The first kappa shape index (κ1) is 109. The number of para-hydroxylation sites is 3. The van der Waals surface area contributed by atoms with Crippen LogP contribution in [0.4, 0.5) is 0 Å². The van der Waals surface area contributed by atoms with E-state index in [0.717, 1.165) is 43.2 Å². The van der Waals surface area contributed by atoms with Crippen LogP contribution in [0, 0.1) is 11.8 Å². The van der Waals surface area contributed by atoms with Crippen molar-refractivity contribution in [2.45, 2.75) is 241 Å². The highest BCUT2D eigenvalue weighted by Crippen LogP contribution is 2.31. The summed E-state index contributed by atoms with van der Waals surface area (Å²) in [5.41, 5.74) is 9.06. The number of aromatic nitrogens is 3. The van der Waals surface area contributed by atoms with Crippen LogP contribution in [0.25, 0.3) is 32.7 Å². The highest BCUT2D eigenvalue weighted by Gasteiger charge is 2.48. The van der Waals surface area contributed by atoms with Gasteiger partial charge in [-0.05, 0) is 118 Å². The minimum atomic E-state index is -2.07. The molecule has 776 valence electrons. The number of aromatic amines is 3. The van der Waals surface area contributed by atoms with E-state index in [1.54, 1.807) is 119 Å². The van der Waals surface area contributed by atoms with E-state index in [9.17, 15) is 102 Å². The van der Waals surface area contributed by atoms with E-state index < -0.39 is 283 Å². The number of hydrogen-bond donors (Lipinski definition) is 22. The number of carboxylic acids is 1. The Morgan fingerprint density at radius 2 is 0.812 bits per heavy atom. The molecule has 6 saturated heterocycles. The molecule has 18 atom stereocenters. The van der Waals surface area contributed by atoms with Crippen molar-refractivity contribution in [3.63, 3.8) is 0 Å². The topological polar surface area (TPSA) is 686 Å². The van der Waals surface area contributed by atoms with Crippen LogP contribution < -0.4 is 85.5 Å². The molecular weight excluding hydrogens is 1910 g/mol. The van der Waals surface area contributed by atoms with Crippen LogP contribution in [-0.4, -0.2) is 341 Å². The number of nitrogens with zero attached hydrogens (tertiary/aromatic N) is 4. The maximum atomic E-state index is 15.3. The van der Waals surface area contributed by atoms with E-state index in [0.29, 0.717) is 49.4 Å². The number of fused-ring (bicyclic) bond motifs is 12. The van der Waals surface area contributed by atoms with Gasteiger partial charge in [-0.25, -0.2) is 4.79 Å². The minimum absolute atomic E-state index is 0.00528. The number of carbonyl (C=O) groups excluding carboxylic acids is 20. The first-order valence-corrected chi connectivity index (χ1v) is 50.6. The van der Waals surface area contributed by atoms with Crippen molar-refractivity contribution in [1.29, 1.82) is 0 Å². The number of aliphatic carboxylic acids is 1. The van der Waals surface area contributed by atoms with Crippen LogP contribution in [-0.2, 0) is 120 Å². The van der Waals surface area contributed by atoms with Crippen molar-refractivity contribution in [1.82, 2.24) is 114 Å². The quantitative estimate of drug-likeness (QED) is 0.0431. The zero-order chi connectivity index (χ0) is 104. The fourth-order valence-electron chi connectivity index (χ4n) is 18.6. The molecule has 23 N–H and O–H groups in total. The Morgan fingerprint density at radius 3 is 1.30 bits per heavy atom. The number of hydrogen-bond acceptors (Lipinski definition) is 25. The summed E-state index contributed by atoms with van der Waals surface area (Å²) in [6.07, 6.45) is 0.927. The predicted octanol–water partition coefficient (Wildman–Crippen LogP) is -4.47. The normalized spacial score (nSPS) is 27.1. The van der Waals surface area contributed by atoms with E-state index in [-0.39, 0.29) is 116 Å².